The second-order valence-electron chi connectivity index (χ2n) is 1.98. The van der Waals surface area contributed by atoms with Crippen LogP contribution >= 0.6 is 79.6 Å². The molecule has 12 heavy (non-hydrogen) atoms. The number of nitrogens with two attached hydrogens (primary N) is 1. The van der Waals surface area contributed by atoms with E-state index in [-0.39, 0.29) is 0 Å². The monoisotopic (exact) mass is 483 g/mol. The minimum atomic E-state index is 0.664. The first kappa shape index (κ1) is 11.5. The van der Waals surface area contributed by atoms with Crippen molar-refractivity contribution in [3.8, 4) is 0 Å². The van der Waals surface area contributed by atoms with E-state index >= 15 is 0 Å². The Kier molecular flexibility index (Phi) is 4.11. The quantitative estimate of drug-likeness (QED) is 0.308. The second kappa shape index (κ2) is 4.29. The normalized spacial score (nSPS) is 10.4. The first-order valence-corrected chi connectivity index (χ1v) is 6.70. The van der Waals surface area contributed by atoms with Crippen LogP contribution in [0.15, 0.2) is 22.4 Å². The summed E-state index contributed by atoms with van der Waals surface area (Å²) in [4.78, 5) is 0. The van der Waals surface area contributed by atoms with Crippen LogP contribution in [0.5, 0.6) is 0 Å². The van der Waals surface area contributed by atoms with Crippen LogP contribution in [-0.2, 0) is 0 Å². The van der Waals surface area contributed by atoms with Crippen molar-refractivity contribution in [2.24, 2.45) is 0 Å². The molecule has 1 rings (SSSR count). The summed E-state index contributed by atoms with van der Waals surface area (Å²) in [5.74, 6) is 0. The van der Waals surface area contributed by atoms with Gasteiger partial charge in [0.1, 0.15) is 0 Å². The average Bonchev–Trinajstić information content (AvgIpc) is 2.08. The molecule has 2 N–H and O–H groups in total. The molecule has 6 heteroatoms. The lowest BCUT2D eigenvalue weighted by Crippen LogP contribution is -1.91. The number of benzene rings is 1. The van der Waals surface area contributed by atoms with E-state index in [0.717, 1.165) is 22.4 Å². The molecule has 0 aliphatic heterocycles. The summed E-state index contributed by atoms with van der Waals surface area (Å²) in [5, 5.41) is 0. The SMILES string of the molecule is Nc1c(Br)c(Br)c(Br)c(Br)c1Br. The minimum absolute atomic E-state index is 0.664. The van der Waals surface area contributed by atoms with Gasteiger partial charge in [0.15, 0.2) is 0 Å². The van der Waals surface area contributed by atoms with Crippen LogP contribution in [0.3, 0.4) is 0 Å². The van der Waals surface area contributed by atoms with Crippen LogP contribution in [0.4, 0.5) is 5.69 Å². The van der Waals surface area contributed by atoms with E-state index in [4.69, 9.17) is 5.73 Å². The smallest absolute Gasteiger partial charge is 0.0626 e. The summed E-state index contributed by atoms with van der Waals surface area (Å²) < 4.78 is 4.40. The standard InChI is InChI=1S/C6H2Br5N/c7-1-2(8)4(10)6(12)5(11)3(1)9/h12H2. The Morgan fingerprint density at radius 3 is 1.17 bits per heavy atom. The first-order chi connectivity index (χ1) is 5.46. The summed E-state index contributed by atoms with van der Waals surface area (Å²) in [5.41, 5.74) is 6.44. The molecule has 0 radical (unpaired) electrons. The highest BCUT2D eigenvalue weighted by molar-refractivity contribution is 9.15. The molecule has 1 nitrogen and oxygen atoms in total. The zero-order valence-electron chi connectivity index (χ0n) is 5.47. The van der Waals surface area contributed by atoms with Gasteiger partial charge in [-0.05, 0) is 79.6 Å². The molecule has 0 saturated heterocycles. The van der Waals surface area contributed by atoms with Crippen LogP contribution in [0.2, 0.25) is 0 Å². The van der Waals surface area contributed by atoms with Crippen molar-refractivity contribution >= 4 is 85.3 Å². The number of rotatable bonds is 0. The van der Waals surface area contributed by atoms with Gasteiger partial charge in [0.05, 0.1) is 14.6 Å². The molecule has 0 atom stereocenters. The van der Waals surface area contributed by atoms with E-state index in [1.54, 1.807) is 0 Å². The predicted octanol–water partition coefficient (Wildman–Crippen LogP) is 5.08. The fraction of sp³-hybridized carbons (Fsp3) is 0. The van der Waals surface area contributed by atoms with Crippen molar-refractivity contribution in [2.75, 3.05) is 5.73 Å². The molecular weight excluding hydrogens is 486 g/mol. The van der Waals surface area contributed by atoms with E-state index in [2.05, 4.69) is 79.6 Å². The Morgan fingerprint density at radius 2 is 0.833 bits per heavy atom. The van der Waals surface area contributed by atoms with Crippen LogP contribution in [-0.4, -0.2) is 0 Å². The third-order valence-electron chi connectivity index (χ3n) is 1.24. The first-order valence-electron chi connectivity index (χ1n) is 2.73. The lowest BCUT2D eigenvalue weighted by atomic mass is 10.3. The van der Waals surface area contributed by atoms with Gasteiger partial charge in [-0.25, -0.2) is 0 Å². The fourth-order valence-corrected chi connectivity index (χ4v) is 3.70. The Bertz CT molecular complexity index is 230. The lowest BCUT2D eigenvalue weighted by Gasteiger charge is -2.09. The summed E-state index contributed by atoms with van der Waals surface area (Å²) in [6.45, 7) is 0. The van der Waals surface area contributed by atoms with Crippen molar-refractivity contribution < 1.29 is 0 Å². The van der Waals surface area contributed by atoms with Gasteiger partial charge in [-0.2, -0.15) is 0 Å². The fourth-order valence-electron chi connectivity index (χ4n) is 0.622. The maximum Gasteiger partial charge on any atom is 0.0626 e. The maximum atomic E-state index is 5.78. The highest BCUT2D eigenvalue weighted by Crippen LogP contribution is 2.45. The highest BCUT2D eigenvalue weighted by Gasteiger charge is 2.14. The zero-order chi connectivity index (χ0) is 9.46. The van der Waals surface area contributed by atoms with Gasteiger partial charge in [-0.15, -0.1) is 0 Å². The molecule has 0 saturated carbocycles. The molecule has 0 aliphatic carbocycles. The highest BCUT2D eigenvalue weighted by atomic mass is 79.9. The summed E-state index contributed by atoms with van der Waals surface area (Å²) in [6.07, 6.45) is 0. The number of hydrogen-bond acceptors (Lipinski definition) is 1. The van der Waals surface area contributed by atoms with Crippen LogP contribution < -0.4 is 5.73 Å². The lowest BCUT2D eigenvalue weighted by molar-refractivity contribution is 1.46. The molecule has 0 aliphatic rings. The Hall–Kier alpha value is 1.42. The van der Waals surface area contributed by atoms with Gasteiger partial charge in [-0.1, -0.05) is 0 Å². The van der Waals surface area contributed by atoms with Crippen LogP contribution in [0.1, 0.15) is 0 Å². The van der Waals surface area contributed by atoms with Gasteiger partial charge < -0.3 is 5.73 Å². The van der Waals surface area contributed by atoms with Crippen molar-refractivity contribution in [3.05, 3.63) is 22.4 Å². The summed E-state index contributed by atoms with van der Waals surface area (Å²) in [7, 11) is 0. The average molecular weight is 488 g/mol. The molecule has 0 heterocycles. The second-order valence-corrected chi connectivity index (χ2v) is 5.95. The van der Waals surface area contributed by atoms with Gasteiger partial charge in [-0.3, -0.25) is 0 Å². The maximum absolute atomic E-state index is 5.78. The van der Waals surface area contributed by atoms with Gasteiger partial charge in [0, 0.05) is 13.4 Å². The minimum Gasteiger partial charge on any atom is -0.397 e. The number of halogens is 5. The van der Waals surface area contributed by atoms with Crippen molar-refractivity contribution in [2.45, 2.75) is 0 Å². The molecule has 0 fully saturated rings. The summed E-state index contributed by atoms with van der Waals surface area (Å²) in [6, 6.07) is 0. The molecule has 0 unspecified atom stereocenters. The van der Waals surface area contributed by atoms with E-state index in [0.29, 0.717) is 5.69 Å². The molecule has 66 valence electrons. The van der Waals surface area contributed by atoms with Crippen molar-refractivity contribution in [3.63, 3.8) is 0 Å². The summed E-state index contributed by atoms with van der Waals surface area (Å²) >= 11 is 16.9. The van der Waals surface area contributed by atoms with Crippen molar-refractivity contribution in [1.29, 1.82) is 0 Å². The molecular formula is C6H2Br5N. The molecule has 1 aromatic rings. The molecule has 1 aromatic carbocycles. The number of anilines is 1. The third-order valence-corrected chi connectivity index (χ3v) is 7.40. The Morgan fingerprint density at radius 1 is 0.583 bits per heavy atom. The van der Waals surface area contributed by atoms with E-state index in [1.807, 2.05) is 0 Å². The Balaban J connectivity index is 3.60. The van der Waals surface area contributed by atoms with E-state index in [9.17, 15) is 0 Å². The van der Waals surface area contributed by atoms with Gasteiger partial charge in [0.25, 0.3) is 0 Å². The Labute approximate surface area is 112 Å². The van der Waals surface area contributed by atoms with Gasteiger partial charge >= 0.3 is 0 Å². The van der Waals surface area contributed by atoms with Crippen LogP contribution in [0, 0.1) is 0 Å². The topological polar surface area (TPSA) is 26.0 Å². The van der Waals surface area contributed by atoms with Gasteiger partial charge in [0.2, 0.25) is 0 Å². The molecule has 0 bridgehead atoms. The van der Waals surface area contributed by atoms with Crippen LogP contribution in [0.25, 0.3) is 0 Å². The van der Waals surface area contributed by atoms with E-state index in [1.165, 1.54) is 0 Å². The number of nitrogen functional groups attached to an aromatic ring is 1. The third kappa shape index (κ3) is 1.92. The number of hydrogen-bond donors (Lipinski definition) is 1. The zero-order valence-corrected chi connectivity index (χ0v) is 13.4. The van der Waals surface area contributed by atoms with E-state index < -0.39 is 0 Å². The molecule has 0 aromatic heterocycles. The predicted molar refractivity (Wildman–Crippen MR) is 69.4 cm³/mol. The van der Waals surface area contributed by atoms with Crippen molar-refractivity contribution in [1.82, 2.24) is 0 Å². The molecule has 0 amide bonds. The molecule has 0 spiro atoms. The largest absolute Gasteiger partial charge is 0.397 e.